The Morgan fingerprint density at radius 1 is 1.00 bits per heavy atom. The Balaban J connectivity index is 1.98. The van der Waals surface area contributed by atoms with E-state index in [9.17, 15) is 8.42 Å². The van der Waals surface area contributed by atoms with Crippen molar-refractivity contribution in [3.8, 4) is 0 Å². The second-order valence-corrected chi connectivity index (χ2v) is 7.68. The summed E-state index contributed by atoms with van der Waals surface area (Å²) in [7, 11) is -3.11. The lowest BCUT2D eigenvalue weighted by atomic mass is 9.86. The molecule has 3 nitrogen and oxygen atoms in total. The molecule has 0 aliphatic heterocycles. The van der Waals surface area contributed by atoms with Gasteiger partial charge < -0.3 is 0 Å². The van der Waals surface area contributed by atoms with Gasteiger partial charge in [0.05, 0.1) is 5.25 Å². The van der Waals surface area contributed by atoms with E-state index in [1.165, 1.54) is 6.42 Å². The Hall–Kier alpha value is 0.200. The molecule has 2 unspecified atom stereocenters. The van der Waals surface area contributed by atoms with Gasteiger partial charge in [0.1, 0.15) is 0 Å². The summed E-state index contributed by atoms with van der Waals surface area (Å²) >= 11 is 5.93. The molecule has 0 aromatic rings. The lowest BCUT2D eigenvalue weighted by Crippen LogP contribution is -2.45. The van der Waals surface area contributed by atoms with E-state index in [0.717, 1.165) is 44.9 Å². The quantitative estimate of drug-likeness (QED) is 0.804. The van der Waals surface area contributed by atoms with Crippen molar-refractivity contribution in [2.45, 2.75) is 62.7 Å². The van der Waals surface area contributed by atoms with Gasteiger partial charge in [-0.3, -0.25) is 0 Å². The molecule has 0 spiro atoms. The fourth-order valence-electron chi connectivity index (χ4n) is 3.05. The Bertz CT molecular complexity index is 338. The van der Waals surface area contributed by atoms with Gasteiger partial charge in [-0.05, 0) is 31.6 Å². The van der Waals surface area contributed by atoms with Crippen LogP contribution in [0.25, 0.3) is 0 Å². The molecule has 1 N–H and O–H groups in total. The fourth-order valence-corrected chi connectivity index (χ4v) is 5.30. The van der Waals surface area contributed by atoms with Crippen molar-refractivity contribution in [2.24, 2.45) is 5.92 Å². The van der Waals surface area contributed by atoms with E-state index >= 15 is 0 Å². The molecule has 0 bridgehead atoms. The average molecular weight is 280 g/mol. The highest BCUT2D eigenvalue weighted by Gasteiger charge is 2.33. The van der Waals surface area contributed by atoms with Gasteiger partial charge in [-0.25, -0.2) is 13.1 Å². The molecule has 2 aliphatic carbocycles. The van der Waals surface area contributed by atoms with Crippen LogP contribution in [0.15, 0.2) is 0 Å². The highest BCUT2D eigenvalue weighted by molar-refractivity contribution is 7.90. The molecule has 2 fully saturated rings. The third-order valence-corrected chi connectivity index (χ3v) is 6.54. The first-order chi connectivity index (χ1) is 8.13. The Labute approximate surface area is 109 Å². The summed E-state index contributed by atoms with van der Waals surface area (Å²) in [6.45, 7) is 0. The van der Waals surface area contributed by atoms with Crippen molar-refractivity contribution in [2.75, 3.05) is 5.88 Å². The number of halogens is 1. The summed E-state index contributed by atoms with van der Waals surface area (Å²) in [5.74, 6) is 0.888. The monoisotopic (exact) mass is 279 g/mol. The maximum absolute atomic E-state index is 12.2. The van der Waals surface area contributed by atoms with Crippen LogP contribution >= 0.6 is 11.6 Å². The molecular formula is C12H22ClNO2S. The van der Waals surface area contributed by atoms with Crippen LogP contribution in [0, 0.1) is 5.92 Å². The zero-order chi connectivity index (χ0) is 12.3. The zero-order valence-corrected chi connectivity index (χ0v) is 11.8. The summed E-state index contributed by atoms with van der Waals surface area (Å²) in [6.07, 6.45) is 8.06. The summed E-state index contributed by atoms with van der Waals surface area (Å²) in [5, 5.41) is -0.152. The van der Waals surface area contributed by atoms with E-state index < -0.39 is 10.0 Å². The van der Waals surface area contributed by atoms with Crippen LogP contribution in [0.1, 0.15) is 51.4 Å². The van der Waals surface area contributed by atoms with Crippen molar-refractivity contribution in [1.29, 1.82) is 0 Å². The third-order valence-electron chi connectivity index (χ3n) is 4.16. The lowest BCUT2D eigenvalue weighted by molar-refractivity contribution is 0.313. The summed E-state index contributed by atoms with van der Waals surface area (Å²) < 4.78 is 27.3. The number of sulfonamides is 1. The van der Waals surface area contributed by atoms with Crippen LogP contribution in [0.3, 0.4) is 0 Å². The highest BCUT2D eigenvalue weighted by atomic mass is 35.5. The largest absolute Gasteiger partial charge is 0.214 e. The number of rotatable bonds is 4. The maximum atomic E-state index is 12.2. The molecule has 0 aromatic heterocycles. The van der Waals surface area contributed by atoms with Crippen molar-refractivity contribution >= 4 is 21.6 Å². The van der Waals surface area contributed by atoms with Crippen LogP contribution < -0.4 is 4.72 Å². The van der Waals surface area contributed by atoms with E-state index in [2.05, 4.69) is 4.72 Å². The molecule has 2 aliphatic rings. The smallest absolute Gasteiger partial charge is 0.212 e. The first-order valence-electron chi connectivity index (χ1n) is 6.70. The van der Waals surface area contributed by atoms with E-state index in [-0.39, 0.29) is 11.3 Å². The van der Waals surface area contributed by atoms with Crippen LogP contribution in [-0.2, 0) is 10.0 Å². The first kappa shape index (κ1) is 13.6. The van der Waals surface area contributed by atoms with Gasteiger partial charge in [0.15, 0.2) is 0 Å². The molecule has 0 amide bonds. The molecule has 0 aromatic carbocycles. The van der Waals surface area contributed by atoms with Gasteiger partial charge in [0.25, 0.3) is 0 Å². The minimum absolute atomic E-state index is 0.0758. The second kappa shape index (κ2) is 5.89. The predicted molar refractivity (Wildman–Crippen MR) is 70.8 cm³/mol. The summed E-state index contributed by atoms with van der Waals surface area (Å²) in [4.78, 5) is 0. The maximum Gasteiger partial charge on any atom is 0.214 e. The number of hydrogen-bond donors (Lipinski definition) is 1. The molecule has 100 valence electrons. The molecule has 0 saturated heterocycles. The Morgan fingerprint density at radius 3 is 2.24 bits per heavy atom. The van der Waals surface area contributed by atoms with Gasteiger partial charge in [-0.1, -0.05) is 25.7 Å². The molecule has 0 heterocycles. The number of hydrogen-bond acceptors (Lipinski definition) is 2. The van der Waals surface area contributed by atoms with Crippen molar-refractivity contribution in [3.63, 3.8) is 0 Å². The number of alkyl halides is 1. The fraction of sp³-hybridized carbons (Fsp3) is 1.00. The third kappa shape index (κ3) is 3.36. The van der Waals surface area contributed by atoms with Gasteiger partial charge in [-0.2, -0.15) is 0 Å². The van der Waals surface area contributed by atoms with Crippen molar-refractivity contribution in [3.05, 3.63) is 0 Å². The highest BCUT2D eigenvalue weighted by Crippen LogP contribution is 2.29. The SMILES string of the molecule is O=S(=O)(NC1CCCCC1CCl)C1CCCC1. The average Bonchev–Trinajstić information content (AvgIpc) is 2.83. The molecular weight excluding hydrogens is 258 g/mol. The lowest BCUT2D eigenvalue weighted by Gasteiger charge is -2.31. The van der Waals surface area contributed by atoms with E-state index in [0.29, 0.717) is 11.8 Å². The van der Waals surface area contributed by atoms with Gasteiger partial charge >= 0.3 is 0 Å². The minimum atomic E-state index is -3.11. The Morgan fingerprint density at radius 2 is 1.59 bits per heavy atom. The van der Waals surface area contributed by atoms with Crippen LogP contribution in [0.2, 0.25) is 0 Å². The van der Waals surface area contributed by atoms with Gasteiger partial charge in [0, 0.05) is 11.9 Å². The van der Waals surface area contributed by atoms with Crippen LogP contribution in [-0.4, -0.2) is 25.6 Å². The standard InChI is InChI=1S/C12H22ClNO2S/c13-9-10-5-1-4-8-12(10)14-17(15,16)11-6-2-3-7-11/h10-12,14H,1-9H2. The first-order valence-corrected chi connectivity index (χ1v) is 8.78. The minimum Gasteiger partial charge on any atom is -0.212 e. The van der Waals surface area contributed by atoms with E-state index in [1.807, 2.05) is 0 Å². The molecule has 17 heavy (non-hydrogen) atoms. The molecule has 2 rings (SSSR count). The summed E-state index contributed by atoms with van der Waals surface area (Å²) in [5.41, 5.74) is 0. The molecule has 0 radical (unpaired) electrons. The van der Waals surface area contributed by atoms with Crippen LogP contribution in [0.5, 0.6) is 0 Å². The van der Waals surface area contributed by atoms with Gasteiger partial charge in [-0.15, -0.1) is 11.6 Å². The van der Waals surface area contributed by atoms with Crippen LogP contribution in [0.4, 0.5) is 0 Å². The normalized spacial score (nSPS) is 31.8. The van der Waals surface area contributed by atoms with E-state index in [4.69, 9.17) is 11.6 Å². The Kier molecular flexibility index (Phi) is 4.72. The van der Waals surface area contributed by atoms with Gasteiger partial charge in [0.2, 0.25) is 10.0 Å². The summed E-state index contributed by atoms with van der Waals surface area (Å²) in [6, 6.07) is 0.0758. The predicted octanol–water partition coefficient (Wildman–Crippen LogP) is 2.65. The van der Waals surface area contributed by atoms with Crippen molar-refractivity contribution in [1.82, 2.24) is 4.72 Å². The second-order valence-electron chi connectivity index (χ2n) is 5.37. The zero-order valence-electron chi connectivity index (χ0n) is 10.2. The van der Waals surface area contributed by atoms with Crippen molar-refractivity contribution < 1.29 is 8.42 Å². The molecule has 2 saturated carbocycles. The molecule has 2 atom stereocenters. The topological polar surface area (TPSA) is 46.2 Å². The number of nitrogens with one attached hydrogen (secondary N) is 1. The van der Waals surface area contributed by atoms with E-state index in [1.54, 1.807) is 0 Å². The molecule has 5 heteroatoms.